The molecule has 158 valence electrons. The molecule has 0 aliphatic carbocycles. The molecule has 0 atom stereocenters. The minimum absolute atomic E-state index is 0.0175. The van der Waals surface area contributed by atoms with E-state index < -0.39 is 15.9 Å². The minimum atomic E-state index is -3.76. The summed E-state index contributed by atoms with van der Waals surface area (Å²) >= 11 is 1.37. The van der Waals surface area contributed by atoms with Gasteiger partial charge in [-0.15, -0.1) is 0 Å². The number of amides is 1. The van der Waals surface area contributed by atoms with Crippen molar-refractivity contribution in [2.45, 2.75) is 30.6 Å². The number of carbonyl (C=O) groups is 1. The van der Waals surface area contributed by atoms with Crippen LogP contribution in [0.4, 0.5) is 5.13 Å². The van der Waals surface area contributed by atoms with Crippen LogP contribution in [0.15, 0.2) is 47.4 Å². The predicted octanol–water partition coefficient (Wildman–Crippen LogP) is 4.12. The molecule has 0 spiro atoms. The molecule has 1 aliphatic heterocycles. The Kier molecular flexibility index (Phi) is 6.03. The third kappa shape index (κ3) is 4.19. The average molecular weight is 446 g/mol. The van der Waals surface area contributed by atoms with Gasteiger partial charge in [-0.2, -0.15) is 4.31 Å². The van der Waals surface area contributed by atoms with E-state index in [2.05, 4.69) is 10.3 Å². The number of anilines is 1. The van der Waals surface area contributed by atoms with Gasteiger partial charge in [0.1, 0.15) is 10.6 Å². The van der Waals surface area contributed by atoms with Crippen molar-refractivity contribution in [3.8, 4) is 5.75 Å². The second kappa shape index (κ2) is 8.71. The van der Waals surface area contributed by atoms with E-state index in [1.54, 1.807) is 6.07 Å². The van der Waals surface area contributed by atoms with Gasteiger partial charge in [-0.05, 0) is 43.2 Å². The van der Waals surface area contributed by atoms with Gasteiger partial charge in [0, 0.05) is 18.7 Å². The largest absolute Gasteiger partial charge is 0.495 e. The average Bonchev–Trinajstić information content (AvgIpc) is 2.95. The van der Waals surface area contributed by atoms with Gasteiger partial charge in [0.2, 0.25) is 10.0 Å². The van der Waals surface area contributed by atoms with Crippen LogP contribution < -0.4 is 10.1 Å². The van der Waals surface area contributed by atoms with Crippen LogP contribution in [0.3, 0.4) is 0 Å². The topological polar surface area (TPSA) is 88.6 Å². The van der Waals surface area contributed by atoms with Gasteiger partial charge in [0.15, 0.2) is 5.13 Å². The molecule has 1 aromatic heterocycles. The van der Waals surface area contributed by atoms with Crippen molar-refractivity contribution in [3.05, 3.63) is 48.0 Å². The van der Waals surface area contributed by atoms with Crippen molar-refractivity contribution >= 4 is 42.6 Å². The Hall–Kier alpha value is -2.49. The zero-order valence-electron chi connectivity index (χ0n) is 16.6. The predicted molar refractivity (Wildman–Crippen MR) is 118 cm³/mol. The van der Waals surface area contributed by atoms with Crippen LogP contribution in [0, 0.1) is 0 Å². The molecule has 2 heterocycles. The van der Waals surface area contributed by atoms with Gasteiger partial charge >= 0.3 is 0 Å². The van der Waals surface area contributed by atoms with Gasteiger partial charge < -0.3 is 4.74 Å². The van der Waals surface area contributed by atoms with Crippen LogP contribution in [-0.4, -0.2) is 43.8 Å². The summed E-state index contributed by atoms with van der Waals surface area (Å²) in [6, 6.07) is 12.1. The summed E-state index contributed by atoms with van der Waals surface area (Å²) in [7, 11) is -2.33. The molecular weight excluding hydrogens is 422 g/mol. The molecule has 1 saturated heterocycles. The van der Waals surface area contributed by atoms with E-state index in [0.29, 0.717) is 18.2 Å². The van der Waals surface area contributed by atoms with E-state index in [-0.39, 0.29) is 16.2 Å². The standard InChI is InChI=1S/C21H23N3O4S2/c1-28-17-11-10-15(14-19(17)30(26,27)24-12-6-2-3-7-13-24)20(25)23-21-22-16-8-4-5-9-18(16)29-21/h4-5,8-11,14H,2-3,6-7,12-13H2,1H3,(H,22,23,25). The molecular formula is C21H23N3O4S2. The Bertz CT molecular complexity index is 1130. The van der Waals surface area contributed by atoms with Gasteiger partial charge in [-0.25, -0.2) is 13.4 Å². The molecule has 1 amide bonds. The first kappa shape index (κ1) is 20.8. The number of rotatable bonds is 5. The number of fused-ring (bicyclic) bond motifs is 1. The number of hydrogen-bond donors (Lipinski definition) is 1. The molecule has 0 radical (unpaired) electrons. The Morgan fingerprint density at radius 2 is 1.83 bits per heavy atom. The van der Waals surface area contributed by atoms with Gasteiger partial charge in [-0.3, -0.25) is 10.1 Å². The second-order valence-corrected chi connectivity index (χ2v) is 10.1. The quantitative estimate of drug-likeness (QED) is 0.638. The Labute approximate surface area is 179 Å². The summed E-state index contributed by atoms with van der Waals surface area (Å²) in [6.45, 7) is 0.960. The third-order valence-electron chi connectivity index (χ3n) is 5.12. The summed E-state index contributed by atoms with van der Waals surface area (Å²) in [5.41, 5.74) is 1.04. The second-order valence-electron chi connectivity index (χ2n) is 7.12. The lowest BCUT2D eigenvalue weighted by Gasteiger charge is -2.21. The monoisotopic (exact) mass is 445 g/mol. The maximum absolute atomic E-state index is 13.3. The molecule has 30 heavy (non-hydrogen) atoms. The molecule has 4 rings (SSSR count). The van der Waals surface area contributed by atoms with Crippen LogP contribution in [0.1, 0.15) is 36.0 Å². The first-order chi connectivity index (χ1) is 14.5. The first-order valence-electron chi connectivity index (χ1n) is 9.84. The molecule has 0 bridgehead atoms. The molecule has 1 fully saturated rings. The zero-order valence-corrected chi connectivity index (χ0v) is 18.3. The maximum Gasteiger partial charge on any atom is 0.257 e. The lowest BCUT2D eigenvalue weighted by molar-refractivity contribution is 0.102. The maximum atomic E-state index is 13.3. The van der Waals surface area contributed by atoms with E-state index in [1.165, 1.54) is 34.9 Å². The fraction of sp³-hybridized carbons (Fsp3) is 0.333. The lowest BCUT2D eigenvalue weighted by Crippen LogP contribution is -2.32. The van der Waals surface area contributed by atoms with Crippen molar-refractivity contribution in [2.24, 2.45) is 0 Å². The van der Waals surface area contributed by atoms with Crippen molar-refractivity contribution < 1.29 is 17.9 Å². The van der Waals surface area contributed by atoms with E-state index in [4.69, 9.17) is 4.74 Å². The van der Waals surface area contributed by atoms with Crippen molar-refractivity contribution in [2.75, 3.05) is 25.5 Å². The van der Waals surface area contributed by atoms with E-state index in [9.17, 15) is 13.2 Å². The summed E-state index contributed by atoms with van der Waals surface area (Å²) in [6.07, 6.45) is 3.71. The lowest BCUT2D eigenvalue weighted by atomic mass is 10.2. The minimum Gasteiger partial charge on any atom is -0.495 e. The first-order valence-corrected chi connectivity index (χ1v) is 12.1. The Morgan fingerprint density at radius 1 is 1.10 bits per heavy atom. The van der Waals surface area contributed by atoms with E-state index >= 15 is 0 Å². The third-order valence-corrected chi connectivity index (χ3v) is 7.99. The number of para-hydroxylation sites is 1. The van der Waals surface area contributed by atoms with E-state index in [1.807, 2.05) is 24.3 Å². The fourth-order valence-corrected chi connectivity index (χ4v) is 6.10. The zero-order chi connectivity index (χ0) is 21.1. The summed E-state index contributed by atoms with van der Waals surface area (Å²) in [4.78, 5) is 17.2. The van der Waals surface area contributed by atoms with Gasteiger partial charge in [-0.1, -0.05) is 36.3 Å². The van der Waals surface area contributed by atoms with Gasteiger partial charge in [0.05, 0.1) is 17.3 Å². The van der Waals surface area contributed by atoms with Crippen LogP contribution in [0.25, 0.3) is 10.2 Å². The van der Waals surface area contributed by atoms with Gasteiger partial charge in [0.25, 0.3) is 5.91 Å². The van der Waals surface area contributed by atoms with Crippen molar-refractivity contribution in [1.82, 2.24) is 9.29 Å². The highest BCUT2D eigenvalue weighted by Gasteiger charge is 2.29. The molecule has 3 aromatic rings. The summed E-state index contributed by atoms with van der Waals surface area (Å²) < 4.78 is 34.3. The number of methoxy groups -OCH3 is 1. The highest BCUT2D eigenvalue weighted by atomic mass is 32.2. The highest BCUT2D eigenvalue weighted by Crippen LogP contribution is 2.30. The summed E-state index contributed by atoms with van der Waals surface area (Å²) in [5, 5.41) is 3.24. The number of aromatic nitrogens is 1. The number of benzene rings is 2. The number of nitrogens with zero attached hydrogens (tertiary/aromatic N) is 2. The number of ether oxygens (including phenoxy) is 1. The van der Waals surface area contributed by atoms with Crippen molar-refractivity contribution in [3.63, 3.8) is 0 Å². The van der Waals surface area contributed by atoms with Crippen LogP contribution >= 0.6 is 11.3 Å². The number of thiazole rings is 1. The van der Waals surface area contributed by atoms with Crippen LogP contribution in [0.5, 0.6) is 5.75 Å². The van der Waals surface area contributed by atoms with E-state index in [0.717, 1.165) is 35.9 Å². The molecule has 1 aliphatic rings. The highest BCUT2D eigenvalue weighted by molar-refractivity contribution is 7.89. The fourth-order valence-electron chi connectivity index (χ4n) is 3.54. The molecule has 2 aromatic carbocycles. The molecule has 9 heteroatoms. The SMILES string of the molecule is COc1ccc(C(=O)Nc2nc3ccccc3s2)cc1S(=O)(=O)N1CCCCCC1. The smallest absolute Gasteiger partial charge is 0.257 e. The van der Waals surface area contributed by atoms with Crippen LogP contribution in [0.2, 0.25) is 0 Å². The molecule has 1 N–H and O–H groups in total. The molecule has 0 saturated carbocycles. The number of nitrogens with one attached hydrogen (secondary N) is 1. The van der Waals surface area contributed by atoms with Crippen molar-refractivity contribution in [1.29, 1.82) is 0 Å². The molecule has 7 nitrogen and oxygen atoms in total. The number of carbonyl (C=O) groups excluding carboxylic acids is 1. The Morgan fingerprint density at radius 3 is 2.53 bits per heavy atom. The summed E-state index contributed by atoms with van der Waals surface area (Å²) in [5.74, 6) is -0.181. The Balaban J connectivity index is 1.63. The molecule has 0 unspecified atom stereocenters. The number of sulfonamides is 1. The number of hydrogen-bond acceptors (Lipinski definition) is 6. The van der Waals surface area contributed by atoms with Crippen LogP contribution in [-0.2, 0) is 10.0 Å². The normalized spacial score (nSPS) is 15.6.